The predicted molar refractivity (Wildman–Crippen MR) is 60.7 cm³/mol. The van der Waals surface area contributed by atoms with Gasteiger partial charge in [0.25, 0.3) is 0 Å². The lowest BCUT2D eigenvalue weighted by molar-refractivity contribution is -0.137. The molecule has 0 saturated carbocycles. The molecule has 0 aromatic rings. The minimum absolute atomic E-state index is 0.381. The van der Waals surface area contributed by atoms with Crippen LogP contribution < -0.4 is 0 Å². The summed E-state index contributed by atoms with van der Waals surface area (Å²) in [7, 11) is 0. The van der Waals surface area contributed by atoms with Crippen molar-refractivity contribution in [1.82, 2.24) is 0 Å². The first-order chi connectivity index (χ1) is 7.81. The number of hydrogen-bond donors (Lipinski definition) is 0. The average molecular weight is 225 g/mol. The lowest BCUT2D eigenvalue weighted by atomic mass is 10.3. The third kappa shape index (κ3) is 10.7. The molecule has 0 aliphatic carbocycles. The molecule has 0 atom stereocenters. The van der Waals surface area contributed by atoms with Crippen LogP contribution in [0.2, 0.25) is 0 Å². The molecule has 0 amide bonds. The fraction of sp³-hybridized carbons (Fsp3) is 0.667. The summed E-state index contributed by atoms with van der Waals surface area (Å²) >= 11 is 0. The van der Waals surface area contributed by atoms with Gasteiger partial charge >= 0.3 is 5.97 Å². The quantitative estimate of drug-likeness (QED) is 0.261. The summed E-state index contributed by atoms with van der Waals surface area (Å²) in [6.45, 7) is 4.02. The second kappa shape index (κ2) is 11.7. The SMILES string of the molecule is CCCCOCCCCOC(=O)C=CC#N. The molecule has 0 fully saturated rings. The van der Waals surface area contributed by atoms with E-state index in [-0.39, 0.29) is 0 Å². The van der Waals surface area contributed by atoms with E-state index in [0.29, 0.717) is 13.2 Å². The van der Waals surface area contributed by atoms with Crippen LogP contribution in [0.1, 0.15) is 32.6 Å². The zero-order valence-corrected chi connectivity index (χ0v) is 9.78. The van der Waals surface area contributed by atoms with Crippen LogP contribution in [0.4, 0.5) is 0 Å². The summed E-state index contributed by atoms with van der Waals surface area (Å²) in [4.78, 5) is 10.9. The molecule has 90 valence electrons. The van der Waals surface area contributed by atoms with Gasteiger partial charge in [-0.25, -0.2) is 4.79 Å². The minimum Gasteiger partial charge on any atom is -0.463 e. The van der Waals surface area contributed by atoms with Crippen molar-refractivity contribution in [3.63, 3.8) is 0 Å². The van der Waals surface area contributed by atoms with E-state index in [1.165, 1.54) is 0 Å². The minimum atomic E-state index is -0.464. The van der Waals surface area contributed by atoms with Crippen molar-refractivity contribution in [3.8, 4) is 6.07 Å². The van der Waals surface area contributed by atoms with E-state index in [2.05, 4.69) is 6.92 Å². The molecular formula is C12H19NO3. The first-order valence-electron chi connectivity index (χ1n) is 5.62. The van der Waals surface area contributed by atoms with Crippen LogP contribution in [0.5, 0.6) is 0 Å². The Morgan fingerprint density at radius 2 is 1.94 bits per heavy atom. The van der Waals surface area contributed by atoms with E-state index >= 15 is 0 Å². The van der Waals surface area contributed by atoms with E-state index in [1.807, 2.05) is 0 Å². The fourth-order valence-electron chi connectivity index (χ4n) is 0.981. The molecule has 0 bridgehead atoms. The van der Waals surface area contributed by atoms with Gasteiger partial charge in [-0.1, -0.05) is 13.3 Å². The second-order valence-electron chi connectivity index (χ2n) is 3.30. The largest absolute Gasteiger partial charge is 0.463 e. The number of hydrogen-bond acceptors (Lipinski definition) is 4. The van der Waals surface area contributed by atoms with Crippen molar-refractivity contribution in [2.24, 2.45) is 0 Å². The van der Waals surface area contributed by atoms with E-state index in [4.69, 9.17) is 14.7 Å². The number of nitrogens with zero attached hydrogens (tertiary/aromatic N) is 1. The molecule has 0 spiro atoms. The summed E-state index contributed by atoms with van der Waals surface area (Å²) in [6.07, 6.45) is 6.14. The molecule has 4 nitrogen and oxygen atoms in total. The van der Waals surface area contributed by atoms with Crippen LogP contribution in [-0.2, 0) is 14.3 Å². The van der Waals surface area contributed by atoms with Gasteiger partial charge in [-0.3, -0.25) is 0 Å². The Kier molecular flexibility index (Phi) is 10.8. The highest BCUT2D eigenvalue weighted by Gasteiger charge is 1.96. The van der Waals surface area contributed by atoms with Gasteiger partial charge in [0, 0.05) is 25.4 Å². The zero-order valence-electron chi connectivity index (χ0n) is 9.78. The van der Waals surface area contributed by atoms with Gasteiger partial charge < -0.3 is 9.47 Å². The molecular weight excluding hydrogens is 206 g/mol. The second-order valence-corrected chi connectivity index (χ2v) is 3.30. The third-order valence-electron chi connectivity index (χ3n) is 1.86. The maximum Gasteiger partial charge on any atom is 0.331 e. The number of esters is 1. The van der Waals surface area contributed by atoms with E-state index < -0.39 is 5.97 Å². The van der Waals surface area contributed by atoms with Crippen molar-refractivity contribution in [2.45, 2.75) is 32.6 Å². The highest BCUT2D eigenvalue weighted by molar-refractivity contribution is 5.82. The number of unbranched alkanes of at least 4 members (excludes halogenated alkanes) is 2. The number of rotatable bonds is 9. The number of carbonyl (C=O) groups is 1. The summed E-state index contributed by atoms with van der Waals surface area (Å²) in [5.74, 6) is -0.464. The van der Waals surface area contributed by atoms with Gasteiger partial charge in [0.15, 0.2) is 0 Å². The highest BCUT2D eigenvalue weighted by atomic mass is 16.5. The van der Waals surface area contributed by atoms with Gasteiger partial charge in [0.2, 0.25) is 0 Å². The lowest BCUT2D eigenvalue weighted by Gasteiger charge is -2.03. The monoisotopic (exact) mass is 225 g/mol. The van der Waals surface area contributed by atoms with Gasteiger partial charge in [-0.05, 0) is 19.3 Å². The predicted octanol–water partition coefficient (Wildman–Crippen LogP) is 2.21. The van der Waals surface area contributed by atoms with Crippen molar-refractivity contribution >= 4 is 5.97 Å². The van der Waals surface area contributed by atoms with E-state index in [1.54, 1.807) is 6.07 Å². The van der Waals surface area contributed by atoms with Crippen LogP contribution in [0.15, 0.2) is 12.2 Å². The zero-order chi connectivity index (χ0) is 12.1. The number of ether oxygens (including phenoxy) is 2. The Morgan fingerprint density at radius 1 is 1.25 bits per heavy atom. The highest BCUT2D eigenvalue weighted by Crippen LogP contribution is 1.94. The van der Waals surface area contributed by atoms with Crippen LogP contribution in [-0.4, -0.2) is 25.8 Å². The van der Waals surface area contributed by atoms with Crippen molar-refractivity contribution in [3.05, 3.63) is 12.2 Å². The summed E-state index contributed by atoms with van der Waals surface area (Å²) in [5.41, 5.74) is 0. The van der Waals surface area contributed by atoms with Crippen LogP contribution >= 0.6 is 0 Å². The number of carbonyl (C=O) groups excluding carboxylic acids is 1. The molecule has 0 saturated heterocycles. The molecule has 0 rings (SSSR count). The van der Waals surface area contributed by atoms with E-state index in [0.717, 1.165) is 44.4 Å². The average Bonchev–Trinajstić information content (AvgIpc) is 2.30. The molecule has 0 aliphatic heterocycles. The first-order valence-corrected chi connectivity index (χ1v) is 5.62. The van der Waals surface area contributed by atoms with Crippen molar-refractivity contribution in [1.29, 1.82) is 5.26 Å². The first kappa shape index (κ1) is 14.7. The fourth-order valence-corrected chi connectivity index (χ4v) is 0.981. The Morgan fingerprint density at radius 3 is 2.62 bits per heavy atom. The van der Waals surface area contributed by atoms with E-state index in [9.17, 15) is 4.79 Å². The Balaban J connectivity index is 3.18. The van der Waals surface area contributed by atoms with Gasteiger partial charge in [0.1, 0.15) is 0 Å². The molecule has 0 unspecified atom stereocenters. The number of allylic oxidation sites excluding steroid dienone is 1. The lowest BCUT2D eigenvalue weighted by Crippen LogP contribution is -2.04. The molecule has 0 radical (unpaired) electrons. The Hall–Kier alpha value is -1.34. The molecule has 0 aliphatic rings. The molecule has 4 heteroatoms. The van der Waals surface area contributed by atoms with Crippen LogP contribution in [0.3, 0.4) is 0 Å². The summed E-state index contributed by atoms with van der Waals surface area (Å²) < 4.78 is 10.2. The Labute approximate surface area is 96.8 Å². The molecule has 0 heterocycles. The standard InChI is InChI=1S/C12H19NO3/c1-2-3-9-15-10-4-5-11-16-12(14)7-6-8-13/h6-7H,2-5,9-11H2,1H3. The molecule has 0 aromatic carbocycles. The van der Waals surface area contributed by atoms with Crippen molar-refractivity contribution < 1.29 is 14.3 Å². The van der Waals surface area contributed by atoms with Crippen LogP contribution in [0.25, 0.3) is 0 Å². The summed E-state index contributed by atoms with van der Waals surface area (Å²) in [6, 6.07) is 1.73. The molecule has 0 aromatic heterocycles. The topological polar surface area (TPSA) is 59.3 Å². The maximum atomic E-state index is 10.9. The maximum absolute atomic E-state index is 10.9. The van der Waals surface area contributed by atoms with Gasteiger partial charge in [-0.2, -0.15) is 5.26 Å². The molecule has 16 heavy (non-hydrogen) atoms. The summed E-state index contributed by atoms with van der Waals surface area (Å²) in [5, 5.41) is 8.17. The van der Waals surface area contributed by atoms with Gasteiger partial charge in [0.05, 0.1) is 12.7 Å². The number of nitriles is 1. The normalized spacial score (nSPS) is 10.2. The molecule has 0 N–H and O–H groups in total. The Bertz CT molecular complexity index is 243. The van der Waals surface area contributed by atoms with Gasteiger partial charge in [-0.15, -0.1) is 0 Å². The van der Waals surface area contributed by atoms with Crippen LogP contribution in [0, 0.1) is 11.3 Å². The van der Waals surface area contributed by atoms with Crippen molar-refractivity contribution in [2.75, 3.05) is 19.8 Å². The third-order valence-corrected chi connectivity index (χ3v) is 1.86. The smallest absolute Gasteiger partial charge is 0.331 e.